The third-order valence-corrected chi connectivity index (χ3v) is 4.10. The van der Waals surface area contributed by atoms with Crippen LogP contribution in [0.5, 0.6) is 11.5 Å². The van der Waals surface area contributed by atoms with Gasteiger partial charge < -0.3 is 14.8 Å². The number of fused-ring (bicyclic) bond motifs is 1. The van der Waals surface area contributed by atoms with Crippen molar-refractivity contribution in [3.8, 4) is 22.9 Å². The normalized spacial score (nSPS) is 11.3. The van der Waals surface area contributed by atoms with E-state index in [9.17, 15) is 5.11 Å². The molecule has 0 fully saturated rings. The van der Waals surface area contributed by atoms with E-state index in [1.165, 1.54) is 0 Å². The van der Waals surface area contributed by atoms with Gasteiger partial charge in [-0.15, -0.1) is 0 Å². The average Bonchev–Trinajstić information content (AvgIpc) is 3.11. The maximum Gasteiger partial charge on any atom is 0.138 e. The van der Waals surface area contributed by atoms with E-state index in [-0.39, 0.29) is 5.75 Å². The van der Waals surface area contributed by atoms with E-state index in [1.54, 1.807) is 31.5 Å². The number of methoxy groups -OCH3 is 1. The molecule has 0 saturated carbocycles. The van der Waals surface area contributed by atoms with Crippen molar-refractivity contribution in [1.82, 2.24) is 9.97 Å². The van der Waals surface area contributed by atoms with Gasteiger partial charge >= 0.3 is 0 Å². The van der Waals surface area contributed by atoms with Crippen LogP contribution in [0, 0.1) is 0 Å². The number of rotatable bonds is 4. The van der Waals surface area contributed by atoms with Crippen LogP contribution in [-0.2, 0) is 0 Å². The Morgan fingerprint density at radius 2 is 1.88 bits per heavy atom. The van der Waals surface area contributed by atoms with E-state index in [0.29, 0.717) is 11.3 Å². The number of nitrogens with zero attached hydrogens (tertiary/aromatic N) is 2. The minimum Gasteiger partial charge on any atom is -0.507 e. The summed E-state index contributed by atoms with van der Waals surface area (Å²) in [6.07, 6.45) is 1.62. The second-order valence-corrected chi connectivity index (χ2v) is 5.84. The molecule has 4 rings (SSSR count). The maximum absolute atomic E-state index is 9.95. The number of benzene rings is 3. The molecule has 0 amide bonds. The van der Waals surface area contributed by atoms with Gasteiger partial charge in [0.15, 0.2) is 0 Å². The van der Waals surface area contributed by atoms with Gasteiger partial charge in [0, 0.05) is 17.3 Å². The summed E-state index contributed by atoms with van der Waals surface area (Å²) in [7, 11) is 1.59. The zero-order chi connectivity index (χ0) is 17.9. The van der Waals surface area contributed by atoms with Crippen molar-refractivity contribution >= 4 is 22.9 Å². The van der Waals surface area contributed by atoms with E-state index in [1.807, 2.05) is 48.5 Å². The second kappa shape index (κ2) is 6.72. The molecule has 5 nitrogen and oxygen atoms in total. The smallest absolute Gasteiger partial charge is 0.138 e. The van der Waals surface area contributed by atoms with Crippen LogP contribution in [0.2, 0.25) is 0 Å². The minimum atomic E-state index is 0.156. The van der Waals surface area contributed by atoms with E-state index < -0.39 is 0 Å². The lowest BCUT2D eigenvalue weighted by Crippen LogP contribution is -1.87. The highest BCUT2D eigenvalue weighted by Gasteiger charge is 2.06. The highest BCUT2D eigenvalue weighted by atomic mass is 16.5. The molecular weight excluding hydrogens is 326 g/mol. The summed E-state index contributed by atoms with van der Waals surface area (Å²) in [5.41, 5.74) is 4.19. The third kappa shape index (κ3) is 3.15. The van der Waals surface area contributed by atoms with Crippen LogP contribution in [0.4, 0.5) is 5.69 Å². The van der Waals surface area contributed by atoms with Gasteiger partial charge in [-0.3, -0.25) is 4.99 Å². The number of imidazole rings is 1. The number of hydrogen-bond donors (Lipinski definition) is 2. The quantitative estimate of drug-likeness (QED) is 0.528. The first-order chi connectivity index (χ1) is 12.7. The largest absolute Gasteiger partial charge is 0.507 e. The Labute approximate surface area is 150 Å². The number of aromatic nitrogens is 2. The summed E-state index contributed by atoms with van der Waals surface area (Å²) in [6.45, 7) is 0. The molecule has 0 unspecified atom stereocenters. The van der Waals surface area contributed by atoms with Gasteiger partial charge in [0.25, 0.3) is 0 Å². The second-order valence-electron chi connectivity index (χ2n) is 5.84. The number of hydrogen-bond acceptors (Lipinski definition) is 4. The third-order valence-electron chi connectivity index (χ3n) is 4.10. The zero-order valence-electron chi connectivity index (χ0n) is 14.2. The summed E-state index contributed by atoms with van der Waals surface area (Å²) in [4.78, 5) is 12.4. The molecule has 0 aliphatic carbocycles. The van der Waals surface area contributed by atoms with Gasteiger partial charge in [0.05, 0.1) is 23.8 Å². The van der Waals surface area contributed by atoms with Crippen LogP contribution in [0.1, 0.15) is 5.56 Å². The Balaban J connectivity index is 1.65. The molecular formula is C21H17N3O2. The van der Waals surface area contributed by atoms with E-state index in [2.05, 4.69) is 15.0 Å². The molecule has 128 valence electrons. The summed E-state index contributed by atoms with van der Waals surface area (Å²) < 4.78 is 5.18. The summed E-state index contributed by atoms with van der Waals surface area (Å²) in [5, 5.41) is 9.95. The number of nitrogens with one attached hydrogen (secondary N) is 1. The Hall–Kier alpha value is -3.60. The number of aromatic amines is 1. The van der Waals surface area contributed by atoms with Crippen molar-refractivity contribution in [3.63, 3.8) is 0 Å². The summed E-state index contributed by atoms with van der Waals surface area (Å²) in [6, 6.07) is 20.8. The standard InChI is InChI=1S/C21H17N3O2/c1-26-17-8-10-20(25)15(11-17)13-22-16-7-9-18-19(12-16)24-21(23-18)14-5-3-2-4-6-14/h2-13,25H,1H3,(H,23,24). The maximum atomic E-state index is 9.95. The van der Waals surface area contributed by atoms with Crippen molar-refractivity contribution in [2.45, 2.75) is 0 Å². The lowest BCUT2D eigenvalue weighted by molar-refractivity contribution is 0.412. The van der Waals surface area contributed by atoms with Crippen LogP contribution in [0.25, 0.3) is 22.4 Å². The molecule has 0 atom stereocenters. The first kappa shape index (κ1) is 15.9. The molecule has 4 aromatic rings. The number of aliphatic imine (C=N–C) groups is 1. The molecule has 0 bridgehead atoms. The molecule has 0 aliphatic rings. The molecule has 0 spiro atoms. The lowest BCUT2D eigenvalue weighted by atomic mass is 10.2. The van der Waals surface area contributed by atoms with Gasteiger partial charge in [-0.2, -0.15) is 0 Å². The molecule has 0 aliphatic heterocycles. The predicted octanol–water partition coefficient (Wildman–Crippen LogP) is 4.69. The molecule has 1 heterocycles. The topological polar surface area (TPSA) is 70.5 Å². The van der Waals surface area contributed by atoms with E-state index >= 15 is 0 Å². The highest BCUT2D eigenvalue weighted by molar-refractivity contribution is 5.88. The first-order valence-electron chi connectivity index (χ1n) is 8.19. The molecule has 5 heteroatoms. The van der Waals surface area contributed by atoms with Gasteiger partial charge in [-0.05, 0) is 36.4 Å². The van der Waals surface area contributed by atoms with Crippen LogP contribution in [0.15, 0.2) is 71.7 Å². The molecule has 0 saturated heterocycles. The first-order valence-corrected chi connectivity index (χ1v) is 8.19. The molecule has 26 heavy (non-hydrogen) atoms. The fraction of sp³-hybridized carbons (Fsp3) is 0.0476. The van der Waals surface area contributed by atoms with Crippen LogP contribution in [-0.4, -0.2) is 28.4 Å². The highest BCUT2D eigenvalue weighted by Crippen LogP contribution is 2.25. The minimum absolute atomic E-state index is 0.156. The Morgan fingerprint density at radius 3 is 2.69 bits per heavy atom. The predicted molar refractivity (Wildman–Crippen MR) is 103 cm³/mol. The fourth-order valence-electron chi connectivity index (χ4n) is 2.72. The molecule has 1 aromatic heterocycles. The number of aromatic hydroxyl groups is 1. The monoisotopic (exact) mass is 343 g/mol. The number of phenols is 1. The Morgan fingerprint density at radius 1 is 1.04 bits per heavy atom. The van der Waals surface area contributed by atoms with Crippen molar-refractivity contribution in [3.05, 3.63) is 72.3 Å². The SMILES string of the molecule is COc1ccc(O)c(C=Nc2ccc3nc(-c4ccccc4)[nH]c3c2)c1. The van der Waals surface area contributed by atoms with Crippen LogP contribution >= 0.6 is 0 Å². The van der Waals surface area contributed by atoms with E-state index in [4.69, 9.17) is 4.74 Å². The lowest BCUT2D eigenvalue weighted by Gasteiger charge is -2.02. The molecule has 0 radical (unpaired) electrons. The number of H-pyrrole nitrogens is 1. The summed E-state index contributed by atoms with van der Waals surface area (Å²) >= 11 is 0. The number of ether oxygens (including phenoxy) is 1. The van der Waals surface area contributed by atoms with Gasteiger partial charge in [-0.25, -0.2) is 4.98 Å². The van der Waals surface area contributed by atoms with Gasteiger partial charge in [0.1, 0.15) is 17.3 Å². The number of phenolic OH excluding ortho intramolecular Hbond substituents is 1. The fourth-order valence-corrected chi connectivity index (χ4v) is 2.72. The zero-order valence-corrected chi connectivity index (χ0v) is 14.2. The van der Waals surface area contributed by atoms with Crippen molar-refractivity contribution in [1.29, 1.82) is 0 Å². The summed E-state index contributed by atoms with van der Waals surface area (Å²) in [5.74, 6) is 1.65. The van der Waals surface area contributed by atoms with E-state index in [0.717, 1.165) is 28.1 Å². The van der Waals surface area contributed by atoms with Crippen LogP contribution < -0.4 is 4.74 Å². The van der Waals surface area contributed by atoms with Crippen molar-refractivity contribution in [2.24, 2.45) is 4.99 Å². The van der Waals surface area contributed by atoms with Gasteiger partial charge in [-0.1, -0.05) is 30.3 Å². The van der Waals surface area contributed by atoms with Gasteiger partial charge in [0.2, 0.25) is 0 Å². The molecule has 3 aromatic carbocycles. The van der Waals surface area contributed by atoms with Crippen LogP contribution in [0.3, 0.4) is 0 Å². The Kier molecular flexibility index (Phi) is 4.11. The molecule has 2 N–H and O–H groups in total. The average molecular weight is 343 g/mol. The van der Waals surface area contributed by atoms with Crippen molar-refractivity contribution in [2.75, 3.05) is 7.11 Å². The Bertz CT molecular complexity index is 1090. The van der Waals surface area contributed by atoms with Crippen molar-refractivity contribution < 1.29 is 9.84 Å².